The number of aryl methyl sites for hydroxylation is 1. The number of aromatic amines is 2. The third kappa shape index (κ3) is 5.92. The quantitative estimate of drug-likeness (QED) is 0.266. The number of fused-ring (bicyclic) bond motifs is 2. The van der Waals surface area contributed by atoms with Crippen molar-refractivity contribution in [2.75, 3.05) is 0 Å². The highest BCUT2D eigenvalue weighted by molar-refractivity contribution is 5.81. The molecule has 0 aliphatic rings. The predicted octanol–water partition coefficient (Wildman–Crippen LogP) is 7.80. The lowest BCUT2D eigenvalue weighted by Gasteiger charge is -2.06. The molecule has 6 aromatic rings. The summed E-state index contributed by atoms with van der Waals surface area (Å²) in [7, 11) is 0. The first kappa shape index (κ1) is 22.4. The Hall–Kier alpha value is -4.44. The highest BCUT2D eigenvalue weighted by Crippen LogP contribution is 2.21. The van der Waals surface area contributed by atoms with Crippen molar-refractivity contribution in [2.24, 2.45) is 0 Å². The summed E-state index contributed by atoms with van der Waals surface area (Å²) in [6.45, 7) is 3.30. The molecule has 0 atom stereocenters. The molecule has 2 N–H and O–H groups in total. The summed E-state index contributed by atoms with van der Waals surface area (Å²) in [5, 5.41) is 2.35. The van der Waals surface area contributed by atoms with Gasteiger partial charge in [0.25, 0.3) is 0 Å². The average Bonchev–Trinajstić information content (AvgIpc) is 3.57. The average molecular weight is 461 g/mol. The van der Waals surface area contributed by atoms with Gasteiger partial charge in [0.2, 0.25) is 0 Å². The molecule has 0 spiro atoms. The van der Waals surface area contributed by atoms with E-state index >= 15 is 0 Å². The zero-order valence-corrected chi connectivity index (χ0v) is 19.7. The molecule has 0 fully saturated rings. The number of aromatic nitrogens is 2. The molecule has 4 heteroatoms. The number of nitrogens with one attached hydrogen (secondary N) is 2. The van der Waals surface area contributed by atoms with Crippen molar-refractivity contribution < 1.29 is 9.47 Å². The smallest absolute Gasteiger partial charge is 0.120 e. The maximum atomic E-state index is 5.80. The fourth-order valence-corrected chi connectivity index (χ4v) is 3.83. The number of rotatable bonds is 6. The Morgan fingerprint density at radius 1 is 0.543 bits per heavy atom. The Kier molecular flexibility index (Phi) is 6.81. The van der Waals surface area contributed by atoms with Crippen LogP contribution in [-0.2, 0) is 13.2 Å². The van der Waals surface area contributed by atoms with Gasteiger partial charge in [-0.15, -0.1) is 0 Å². The molecule has 0 aliphatic heterocycles. The number of ether oxygens (including phenoxy) is 2. The Morgan fingerprint density at radius 2 is 1.06 bits per heavy atom. The van der Waals surface area contributed by atoms with Crippen LogP contribution in [0.1, 0.15) is 16.7 Å². The van der Waals surface area contributed by atoms with Crippen LogP contribution in [0.25, 0.3) is 21.8 Å². The first-order chi connectivity index (χ1) is 17.2. The minimum atomic E-state index is 0.607. The lowest BCUT2D eigenvalue weighted by molar-refractivity contribution is 0.306. The second-order valence-electron chi connectivity index (χ2n) is 8.50. The zero-order valence-electron chi connectivity index (χ0n) is 19.7. The SMILES string of the molecule is Cc1ccc(COc2ccc3[nH]ccc3c2)cc1.c1ccc(COc2ccc3[nH]ccc3c2)cc1. The Morgan fingerprint density at radius 3 is 1.60 bits per heavy atom. The van der Waals surface area contributed by atoms with Crippen molar-refractivity contribution >= 4 is 21.8 Å². The largest absolute Gasteiger partial charge is 0.489 e. The van der Waals surface area contributed by atoms with E-state index in [1.165, 1.54) is 27.5 Å². The van der Waals surface area contributed by atoms with Gasteiger partial charge in [-0.05, 0) is 66.6 Å². The molecule has 4 aromatic carbocycles. The van der Waals surface area contributed by atoms with Gasteiger partial charge in [-0.25, -0.2) is 0 Å². The van der Waals surface area contributed by atoms with Crippen molar-refractivity contribution in [3.8, 4) is 11.5 Å². The Labute approximate surface area is 205 Å². The summed E-state index contributed by atoms with van der Waals surface area (Å²) < 4.78 is 11.6. The molecule has 0 saturated heterocycles. The third-order valence-corrected chi connectivity index (χ3v) is 5.82. The van der Waals surface area contributed by atoms with E-state index in [-0.39, 0.29) is 0 Å². The maximum absolute atomic E-state index is 5.80. The van der Waals surface area contributed by atoms with Crippen molar-refractivity contribution in [3.05, 3.63) is 132 Å². The number of hydrogen-bond acceptors (Lipinski definition) is 2. The van der Waals surface area contributed by atoms with Crippen molar-refractivity contribution in [1.29, 1.82) is 0 Å². The van der Waals surface area contributed by atoms with Gasteiger partial charge >= 0.3 is 0 Å². The number of hydrogen-bond donors (Lipinski definition) is 2. The van der Waals surface area contributed by atoms with E-state index in [0.717, 1.165) is 22.5 Å². The maximum Gasteiger partial charge on any atom is 0.120 e. The normalized spacial score (nSPS) is 10.7. The van der Waals surface area contributed by atoms with Crippen LogP contribution in [0.2, 0.25) is 0 Å². The molecular formula is C31H28N2O2. The molecule has 0 bridgehead atoms. The van der Waals surface area contributed by atoms with Gasteiger partial charge in [0.05, 0.1) is 0 Å². The van der Waals surface area contributed by atoms with E-state index < -0.39 is 0 Å². The Balaban J connectivity index is 0.000000145. The van der Waals surface area contributed by atoms with Crippen LogP contribution in [0.15, 0.2) is 116 Å². The Bertz CT molecular complexity index is 1500. The molecule has 35 heavy (non-hydrogen) atoms. The summed E-state index contributed by atoms with van der Waals surface area (Å²) >= 11 is 0. The molecule has 2 aromatic heterocycles. The predicted molar refractivity (Wildman–Crippen MR) is 143 cm³/mol. The van der Waals surface area contributed by atoms with Crippen LogP contribution in [0.3, 0.4) is 0 Å². The topological polar surface area (TPSA) is 50.0 Å². The minimum absolute atomic E-state index is 0.607. The summed E-state index contributed by atoms with van der Waals surface area (Å²) in [5.74, 6) is 1.81. The van der Waals surface area contributed by atoms with E-state index in [1.54, 1.807) is 0 Å². The second-order valence-corrected chi connectivity index (χ2v) is 8.50. The van der Waals surface area contributed by atoms with Crippen molar-refractivity contribution in [2.45, 2.75) is 20.1 Å². The fourth-order valence-electron chi connectivity index (χ4n) is 3.83. The lowest BCUT2D eigenvalue weighted by Crippen LogP contribution is -1.95. The van der Waals surface area contributed by atoms with E-state index in [1.807, 2.05) is 67.0 Å². The van der Waals surface area contributed by atoms with Gasteiger partial charge < -0.3 is 19.4 Å². The standard InChI is InChI=1S/C16H15NO.C15H13NO/c1-12-2-4-13(5-3-12)11-18-15-6-7-16-14(10-15)8-9-17-16;1-2-4-12(5-3-1)11-17-14-6-7-15-13(10-14)8-9-16-15/h2-10,17H,11H2,1H3;1-10,16H,11H2. The van der Waals surface area contributed by atoms with Crippen LogP contribution in [0, 0.1) is 6.92 Å². The van der Waals surface area contributed by atoms with Crippen LogP contribution in [0.5, 0.6) is 11.5 Å². The lowest BCUT2D eigenvalue weighted by atomic mass is 10.2. The molecule has 0 aliphatic carbocycles. The van der Waals surface area contributed by atoms with Crippen LogP contribution in [-0.4, -0.2) is 9.97 Å². The van der Waals surface area contributed by atoms with E-state index in [2.05, 4.69) is 65.4 Å². The van der Waals surface area contributed by atoms with E-state index in [4.69, 9.17) is 9.47 Å². The minimum Gasteiger partial charge on any atom is -0.489 e. The molecular weight excluding hydrogens is 432 g/mol. The highest BCUT2D eigenvalue weighted by Gasteiger charge is 2.00. The van der Waals surface area contributed by atoms with E-state index in [0.29, 0.717) is 13.2 Å². The van der Waals surface area contributed by atoms with Gasteiger partial charge in [0.1, 0.15) is 24.7 Å². The fraction of sp³-hybridized carbons (Fsp3) is 0.0968. The summed E-state index contributed by atoms with van der Waals surface area (Å²) in [4.78, 5) is 6.34. The van der Waals surface area contributed by atoms with Gasteiger partial charge in [-0.2, -0.15) is 0 Å². The third-order valence-electron chi connectivity index (χ3n) is 5.82. The molecule has 6 rings (SSSR count). The summed E-state index contributed by atoms with van der Waals surface area (Å²) in [6, 6.07) is 34.9. The van der Waals surface area contributed by atoms with Gasteiger partial charge in [-0.3, -0.25) is 0 Å². The van der Waals surface area contributed by atoms with Gasteiger partial charge in [-0.1, -0.05) is 60.2 Å². The first-order valence-corrected chi connectivity index (χ1v) is 11.7. The number of benzene rings is 4. The summed E-state index contributed by atoms with van der Waals surface area (Å²) in [5.41, 5.74) is 5.92. The first-order valence-electron chi connectivity index (χ1n) is 11.7. The van der Waals surface area contributed by atoms with Crippen LogP contribution in [0.4, 0.5) is 0 Å². The second kappa shape index (κ2) is 10.7. The van der Waals surface area contributed by atoms with Gasteiger partial charge in [0, 0.05) is 34.2 Å². The molecule has 2 heterocycles. The molecule has 0 amide bonds. The molecule has 0 saturated carbocycles. The summed E-state index contributed by atoms with van der Waals surface area (Å²) in [6.07, 6.45) is 3.88. The zero-order chi connectivity index (χ0) is 23.9. The molecule has 0 radical (unpaired) electrons. The van der Waals surface area contributed by atoms with Crippen LogP contribution < -0.4 is 9.47 Å². The molecule has 0 unspecified atom stereocenters. The van der Waals surface area contributed by atoms with E-state index in [9.17, 15) is 0 Å². The van der Waals surface area contributed by atoms with Crippen molar-refractivity contribution in [1.82, 2.24) is 9.97 Å². The number of H-pyrrole nitrogens is 2. The van der Waals surface area contributed by atoms with Crippen LogP contribution >= 0.6 is 0 Å². The monoisotopic (exact) mass is 460 g/mol. The van der Waals surface area contributed by atoms with Gasteiger partial charge in [0.15, 0.2) is 0 Å². The van der Waals surface area contributed by atoms with Crippen molar-refractivity contribution in [3.63, 3.8) is 0 Å². The highest BCUT2D eigenvalue weighted by atomic mass is 16.5. The molecule has 174 valence electrons. The molecule has 4 nitrogen and oxygen atoms in total.